The van der Waals surface area contributed by atoms with E-state index in [1.54, 1.807) is 0 Å². The van der Waals surface area contributed by atoms with Gasteiger partial charge in [0.05, 0.1) is 11.4 Å². The lowest BCUT2D eigenvalue weighted by Gasteiger charge is -2.19. The van der Waals surface area contributed by atoms with Crippen molar-refractivity contribution in [2.24, 2.45) is 0 Å². The number of rotatable bonds is 4. The standard InChI is InChI=1S/C16H19ClN2/c1-12-5-4-6-13(9-12)11-18-15-10-14(17)7-8-16(15)19(2)3/h4-10,18H,11H2,1-3H3. The minimum absolute atomic E-state index is 0.748. The van der Waals surface area contributed by atoms with E-state index < -0.39 is 0 Å². The molecule has 0 unspecified atom stereocenters. The molecule has 0 aliphatic heterocycles. The molecule has 2 aromatic carbocycles. The summed E-state index contributed by atoms with van der Waals surface area (Å²) in [5.41, 5.74) is 4.74. The smallest absolute Gasteiger partial charge is 0.0597 e. The van der Waals surface area contributed by atoms with Gasteiger partial charge in [-0.3, -0.25) is 0 Å². The zero-order chi connectivity index (χ0) is 13.8. The Morgan fingerprint density at radius 2 is 1.89 bits per heavy atom. The molecule has 0 saturated heterocycles. The Labute approximate surface area is 120 Å². The van der Waals surface area contributed by atoms with Crippen molar-refractivity contribution in [2.75, 3.05) is 24.3 Å². The third kappa shape index (κ3) is 3.65. The van der Waals surface area contributed by atoms with Crippen LogP contribution < -0.4 is 10.2 Å². The summed E-state index contributed by atoms with van der Waals surface area (Å²) >= 11 is 6.07. The topological polar surface area (TPSA) is 15.3 Å². The molecule has 0 radical (unpaired) electrons. The van der Waals surface area contributed by atoms with Gasteiger partial charge in [-0.05, 0) is 30.7 Å². The van der Waals surface area contributed by atoms with Crippen LogP contribution in [0.1, 0.15) is 11.1 Å². The zero-order valence-electron chi connectivity index (χ0n) is 11.6. The highest BCUT2D eigenvalue weighted by molar-refractivity contribution is 6.31. The van der Waals surface area contributed by atoms with Crippen molar-refractivity contribution in [3.05, 3.63) is 58.6 Å². The molecule has 0 aliphatic rings. The normalized spacial score (nSPS) is 10.3. The van der Waals surface area contributed by atoms with Crippen LogP contribution in [0.5, 0.6) is 0 Å². The van der Waals surface area contributed by atoms with Crippen molar-refractivity contribution in [1.29, 1.82) is 0 Å². The lowest BCUT2D eigenvalue weighted by molar-refractivity contribution is 1.10. The number of hydrogen-bond acceptors (Lipinski definition) is 2. The number of benzene rings is 2. The largest absolute Gasteiger partial charge is 0.379 e. The van der Waals surface area contributed by atoms with Crippen LogP contribution in [0.2, 0.25) is 5.02 Å². The molecule has 2 rings (SSSR count). The van der Waals surface area contributed by atoms with E-state index in [-0.39, 0.29) is 0 Å². The summed E-state index contributed by atoms with van der Waals surface area (Å²) < 4.78 is 0. The number of anilines is 2. The average molecular weight is 275 g/mol. The summed E-state index contributed by atoms with van der Waals surface area (Å²) in [7, 11) is 4.06. The maximum Gasteiger partial charge on any atom is 0.0597 e. The molecule has 0 spiro atoms. The van der Waals surface area contributed by atoms with Gasteiger partial charge in [0.2, 0.25) is 0 Å². The Kier molecular flexibility index (Phi) is 4.33. The van der Waals surface area contributed by atoms with Gasteiger partial charge in [0.25, 0.3) is 0 Å². The van der Waals surface area contributed by atoms with Gasteiger partial charge in [-0.15, -0.1) is 0 Å². The van der Waals surface area contributed by atoms with E-state index in [9.17, 15) is 0 Å². The van der Waals surface area contributed by atoms with Crippen LogP contribution >= 0.6 is 11.6 Å². The van der Waals surface area contributed by atoms with E-state index in [0.717, 1.165) is 22.9 Å². The molecule has 0 saturated carbocycles. The lowest BCUT2D eigenvalue weighted by atomic mass is 10.1. The molecule has 0 aliphatic carbocycles. The molecule has 1 N–H and O–H groups in total. The first-order valence-electron chi connectivity index (χ1n) is 6.32. The summed E-state index contributed by atoms with van der Waals surface area (Å²) in [5.74, 6) is 0. The molecule has 0 aromatic heterocycles. The second-order valence-electron chi connectivity index (χ2n) is 4.90. The van der Waals surface area contributed by atoms with Crippen molar-refractivity contribution < 1.29 is 0 Å². The summed E-state index contributed by atoms with van der Waals surface area (Å²) in [6.07, 6.45) is 0. The Hall–Kier alpha value is -1.67. The van der Waals surface area contributed by atoms with Gasteiger partial charge >= 0.3 is 0 Å². The maximum absolute atomic E-state index is 6.07. The summed E-state index contributed by atoms with van der Waals surface area (Å²) in [6, 6.07) is 14.4. The summed E-state index contributed by atoms with van der Waals surface area (Å²) in [6.45, 7) is 2.90. The monoisotopic (exact) mass is 274 g/mol. The zero-order valence-corrected chi connectivity index (χ0v) is 12.3. The van der Waals surface area contributed by atoms with Crippen LogP contribution in [0.4, 0.5) is 11.4 Å². The third-order valence-corrected chi connectivity index (χ3v) is 3.24. The van der Waals surface area contributed by atoms with Crippen molar-refractivity contribution >= 4 is 23.0 Å². The van der Waals surface area contributed by atoms with Gasteiger partial charge in [-0.2, -0.15) is 0 Å². The highest BCUT2D eigenvalue weighted by atomic mass is 35.5. The molecule has 0 amide bonds. The highest BCUT2D eigenvalue weighted by Crippen LogP contribution is 2.28. The van der Waals surface area contributed by atoms with Gasteiger partial charge in [0, 0.05) is 25.7 Å². The molecule has 0 bridgehead atoms. The van der Waals surface area contributed by atoms with E-state index in [0.29, 0.717) is 0 Å². The fraction of sp³-hybridized carbons (Fsp3) is 0.250. The maximum atomic E-state index is 6.07. The molecule has 0 atom stereocenters. The van der Waals surface area contributed by atoms with E-state index in [4.69, 9.17) is 11.6 Å². The second kappa shape index (κ2) is 5.98. The van der Waals surface area contributed by atoms with Crippen LogP contribution in [0.25, 0.3) is 0 Å². The second-order valence-corrected chi connectivity index (χ2v) is 5.33. The number of hydrogen-bond donors (Lipinski definition) is 1. The fourth-order valence-electron chi connectivity index (χ4n) is 2.06. The van der Waals surface area contributed by atoms with Crippen molar-refractivity contribution in [3.8, 4) is 0 Å². The first-order valence-corrected chi connectivity index (χ1v) is 6.70. The van der Waals surface area contributed by atoms with Crippen molar-refractivity contribution in [1.82, 2.24) is 0 Å². The molecule has 3 heteroatoms. The van der Waals surface area contributed by atoms with Gasteiger partial charge < -0.3 is 10.2 Å². The minimum Gasteiger partial charge on any atom is -0.379 e. The van der Waals surface area contributed by atoms with Gasteiger partial charge in [-0.1, -0.05) is 41.4 Å². The Bertz CT molecular complexity index is 564. The average Bonchev–Trinajstić information content (AvgIpc) is 2.36. The fourth-order valence-corrected chi connectivity index (χ4v) is 2.23. The summed E-state index contributed by atoms with van der Waals surface area (Å²) in [5, 5.41) is 4.20. The molecule has 0 fully saturated rings. The van der Waals surface area contributed by atoms with Crippen molar-refractivity contribution in [3.63, 3.8) is 0 Å². The SMILES string of the molecule is Cc1cccc(CNc2cc(Cl)ccc2N(C)C)c1. The lowest BCUT2D eigenvalue weighted by Crippen LogP contribution is -2.12. The Morgan fingerprint density at radius 3 is 2.58 bits per heavy atom. The highest BCUT2D eigenvalue weighted by Gasteiger charge is 2.05. The van der Waals surface area contributed by atoms with Crippen LogP contribution in [0.3, 0.4) is 0 Å². The van der Waals surface area contributed by atoms with E-state index >= 15 is 0 Å². The predicted molar refractivity (Wildman–Crippen MR) is 84.3 cm³/mol. The molecular weight excluding hydrogens is 256 g/mol. The summed E-state index contributed by atoms with van der Waals surface area (Å²) in [4.78, 5) is 2.08. The quantitative estimate of drug-likeness (QED) is 0.893. The van der Waals surface area contributed by atoms with Gasteiger partial charge in [0.1, 0.15) is 0 Å². The Balaban J connectivity index is 2.17. The van der Waals surface area contributed by atoms with E-state index in [1.165, 1.54) is 11.1 Å². The van der Waals surface area contributed by atoms with E-state index in [1.807, 2.05) is 32.3 Å². The van der Waals surface area contributed by atoms with Crippen molar-refractivity contribution in [2.45, 2.75) is 13.5 Å². The molecule has 19 heavy (non-hydrogen) atoms. The van der Waals surface area contributed by atoms with Crippen LogP contribution in [0.15, 0.2) is 42.5 Å². The van der Waals surface area contributed by atoms with Crippen LogP contribution in [-0.4, -0.2) is 14.1 Å². The third-order valence-electron chi connectivity index (χ3n) is 3.01. The molecule has 2 nitrogen and oxygen atoms in total. The van der Waals surface area contributed by atoms with Crippen LogP contribution in [0, 0.1) is 6.92 Å². The first kappa shape index (κ1) is 13.8. The molecule has 0 heterocycles. The number of nitrogens with zero attached hydrogens (tertiary/aromatic N) is 1. The predicted octanol–water partition coefficient (Wildman–Crippen LogP) is 4.33. The molecule has 100 valence electrons. The minimum atomic E-state index is 0.748. The first-order chi connectivity index (χ1) is 9.06. The molecule has 2 aromatic rings. The number of halogens is 1. The van der Waals surface area contributed by atoms with Gasteiger partial charge in [0.15, 0.2) is 0 Å². The van der Waals surface area contributed by atoms with Gasteiger partial charge in [-0.25, -0.2) is 0 Å². The Morgan fingerprint density at radius 1 is 1.11 bits per heavy atom. The number of aryl methyl sites for hydroxylation is 1. The van der Waals surface area contributed by atoms with Crippen LogP contribution in [-0.2, 0) is 6.54 Å². The molecular formula is C16H19ClN2. The number of nitrogens with one attached hydrogen (secondary N) is 1. The van der Waals surface area contributed by atoms with E-state index in [2.05, 4.69) is 41.4 Å².